The van der Waals surface area contributed by atoms with Gasteiger partial charge in [0.2, 0.25) is 0 Å². The van der Waals surface area contributed by atoms with Gasteiger partial charge in [0.15, 0.2) is 0 Å². The molecule has 0 aromatic heterocycles. The van der Waals surface area contributed by atoms with Gasteiger partial charge in [-0.15, -0.1) is 0 Å². The van der Waals surface area contributed by atoms with Crippen molar-refractivity contribution in [3.8, 4) is 0 Å². The molecule has 1 amide bonds. The summed E-state index contributed by atoms with van der Waals surface area (Å²) in [6, 6.07) is 0. The van der Waals surface area contributed by atoms with Gasteiger partial charge in [0.1, 0.15) is 11.9 Å². The predicted molar refractivity (Wildman–Crippen MR) is 68.8 cm³/mol. The number of carbonyl (C=O) groups excluding carboxylic acids is 1. The van der Waals surface area contributed by atoms with Crippen molar-refractivity contribution in [2.24, 2.45) is 10.9 Å². The van der Waals surface area contributed by atoms with Gasteiger partial charge in [0.25, 0.3) is 0 Å². The zero-order valence-corrected chi connectivity index (χ0v) is 11.2. The Bertz CT molecular complexity index is 318. The summed E-state index contributed by atoms with van der Waals surface area (Å²) in [6.07, 6.45) is 2.78. The Hall–Kier alpha value is -1.10. The van der Waals surface area contributed by atoms with Gasteiger partial charge in [-0.2, -0.15) is 4.99 Å². The highest BCUT2D eigenvalue weighted by atomic mass is 16.6. The molecule has 2 fully saturated rings. The van der Waals surface area contributed by atoms with Crippen molar-refractivity contribution in [1.82, 2.24) is 4.90 Å². The van der Waals surface area contributed by atoms with Crippen LogP contribution in [-0.2, 0) is 9.47 Å². The molecule has 5 nitrogen and oxygen atoms in total. The number of morpholine rings is 1. The van der Waals surface area contributed by atoms with Gasteiger partial charge in [0.05, 0.1) is 13.2 Å². The average Bonchev–Trinajstić information content (AvgIpc) is 2.31. The Kier molecular flexibility index (Phi) is 4.58. The van der Waals surface area contributed by atoms with Crippen molar-refractivity contribution in [1.29, 1.82) is 0 Å². The topological polar surface area (TPSA) is 51.1 Å². The highest BCUT2D eigenvalue weighted by molar-refractivity contribution is 5.93. The van der Waals surface area contributed by atoms with Crippen molar-refractivity contribution in [3.63, 3.8) is 0 Å². The maximum absolute atomic E-state index is 11.7. The lowest BCUT2D eigenvalue weighted by molar-refractivity contribution is 0.0565. The Labute approximate surface area is 108 Å². The van der Waals surface area contributed by atoms with E-state index in [1.807, 2.05) is 13.8 Å². The van der Waals surface area contributed by atoms with Gasteiger partial charge in [0, 0.05) is 19.0 Å². The standard InChI is InChI=1S/C13H22N2O3/c1-10(2)12(15-6-8-17-9-7-15)14-13(16)18-11-4-3-5-11/h10-11H,3-9H2,1-2H3/b14-12-. The normalized spacial score (nSPS) is 21.9. The Morgan fingerprint density at radius 1 is 1.33 bits per heavy atom. The molecule has 2 aliphatic rings. The van der Waals surface area contributed by atoms with E-state index in [9.17, 15) is 4.79 Å². The molecule has 5 heteroatoms. The second-order valence-electron chi connectivity index (χ2n) is 5.16. The third-order valence-electron chi connectivity index (χ3n) is 3.38. The molecule has 0 unspecified atom stereocenters. The van der Waals surface area contributed by atoms with Crippen LogP contribution in [0.2, 0.25) is 0 Å². The van der Waals surface area contributed by atoms with Gasteiger partial charge in [-0.05, 0) is 19.3 Å². The van der Waals surface area contributed by atoms with Crippen LogP contribution in [0.4, 0.5) is 4.79 Å². The Morgan fingerprint density at radius 2 is 2.00 bits per heavy atom. The first-order valence-corrected chi connectivity index (χ1v) is 6.78. The first kappa shape index (κ1) is 13.3. The molecule has 2 rings (SSSR count). The number of nitrogens with zero attached hydrogens (tertiary/aromatic N) is 2. The molecule has 0 aromatic carbocycles. The van der Waals surface area contributed by atoms with Crippen LogP contribution in [0.15, 0.2) is 4.99 Å². The highest BCUT2D eigenvalue weighted by Crippen LogP contribution is 2.22. The summed E-state index contributed by atoms with van der Waals surface area (Å²) in [5.41, 5.74) is 0. The molecule has 0 aromatic rings. The van der Waals surface area contributed by atoms with Gasteiger partial charge in [-0.3, -0.25) is 0 Å². The summed E-state index contributed by atoms with van der Waals surface area (Å²) >= 11 is 0. The summed E-state index contributed by atoms with van der Waals surface area (Å²) in [5.74, 6) is 1.04. The number of aliphatic imine (C=N–C) groups is 1. The van der Waals surface area contributed by atoms with E-state index in [0.29, 0.717) is 13.2 Å². The van der Waals surface area contributed by atoms with Gasteiger partial charge >= 0.3 is 6.09 Å². The number of amides is 1. The molecule has 0 bridgehead atoms. The van der Waals surface area contributed by atoms with Gasteiger partial charge < -0.3 is 14.4 Å². The fourth-order valence-corrected chi connectivity index (χ4v) is 2.11. The van der Waals surface area contributed by atoms with Crippen LogP contribution in [0.5, 0.6) is 0 Å². The first-order valence-electron chi connectivity index (χ1n) is 6.78. The molecule has 1 aliphatic carbocycles. The molecule has 0 N–H and O–H groups in total. The van der Waals surface area contributed by atoms with Gasteiger partial charge in [-0.25, -0.2) is 4.79 Å². The van der Waals surface area contributed by atoms with Crippen LogP contribution < -0.4 is 0 Å². The van der Waals surface area contributed by atoms with Crippen LogP contribution in [0.1, 0.15) is 33.1 Å². The lowest BCUT2D eigenvalue weighted by Crippen LogP contribution is -2.43. The summed E-state index contributed by atoms with van der Waals surface area (Å²) in [5, 5.41) is 0. The molecule has 0 radical (unpaired) electrons. The molecule has 0 atom stereocenters. The molecular weight excluding hydrogens is 232 g/mol. The molecular formula is C13H22N2O3. The van der Waals surface area contributed by atoms with Crippen LogP contribution in [0.25, 0.3) is 0 Å². The van der Waals surface area contributed by atoms with E-state index in [1.54, 1.807) is 0 Å². The lowest BCUT2D eigenvalue weighted by Gasteiger charge is -2.31. The highest BCUT2D eigenvalue weighted by Gasteiger charge is 2.23. The van der Waals surface area contributed by atoms with E-state index < -0.39 is 6.09 Å². The van der Waals surface area contributed by atoms with Crippen molar-refractivity contribution in [3.05, 3.63) is 0 Å². The van der Waals surface area contributed by atoms with Crippen molar-refractivity contribution in [2.45, 2.75) is 39.2 Å². The van der Waals surface area contributed by atoms with Crippen LogP contribution in [0, 0.1) is 5.92 Å². The molecule has 1 aliphatic heterocycles. The van der Waals surface area contributed by atoms with Gasteiger partial charge in [-0.1, -0.05) is 13.8 Å². The zero-order chi connectivity index (χ0) is 13.0. The fraction of sp³-hybridized carbons (Fsp3) is 0.846. The zero-order valence-electron chi connectivity index (χ0n) is 11.2. The summed E-state index contributed by atoms with van der Waals surface area (Å²) in [4.78, 5) is 18.0. The summed E-state index contributed by atoms with van der Waals surface area (Å²) in [6.45, 7) is 7.09. The number of hydrogen-bond acceptors (Lipinski definition) is 3. The molecule has 0 spiro atoms. The molecule has 18 heavy (non-hydrogen) atoms. The minimum atomic E-state index is -0.435. The van der Waals surface area contributed by atoms with E-state index in [0.717, 1.165) is 38.2 Å². The molecule has 1 heterocycles. The number of amidine groups is 1. The van der Waals surface area contributed by atoms with Crippen molar-refractivity contribution < 1.29 is 14.3 Å². The predicted octanol–water partition coefficient (Wildman–Crippen LogP) is 2.06. The molecule has 102 valence electrons. The molecule has 1 saturated heterocycles. The second-order valence-corrected chi connectivity index (χ2v) is 5.16. The quantitative estimate of drug-likeness (QED) is 0.559. The number of ether oxygens (including phenoxy) is 2. The minimum Gasteiger partial charge on any atom is -0.445 e. The van der Waals surface area contributed by atoms with Crippen molar-refractivity contribution >= 4 is 11.9 Å². The first-order chi connectivity index (χ1) is 8.66. The summed E-state index contributed by atoms with van der Waals surface area (Å²) < 4.78 is 10.6. The number of carbonyl (C=O) groups is 1. The second kappa shape index (κ2) is 6.18. The lowest BCUT2D eigenvalue weighted by atomic mass is 9.96. The number of hydrogen-bond donors (Lipinski definition) is 0. The van der Waals surface area contributed by atoms with Crippen LogP contribution >= 0.6 is 0 Å². The Morgan fingerprint density at radius 3 is 2.50 bits per heavy atom. The molecule has 1 saturated carbocycles. The maximum atomic E-state index is 11.7. The summed E-state index contributed by atoms with van der Waals surface area (Å²) in [7, 11) is 0. The number of rotatable bonds is 2. The van der Waals surface area contributed by atoms with E-state index in [-0.39, 0.29) is 12.0 Å². The maximum Gasteiger partial charge on any atom is 0.435 e. The Balaban J connectivity index is 1.95. The van der Waals surface area contributed by atoms with Crippen molar-refractivity contribution in [2.75, 3.05) is 26.3 Å². The fourth-order valence-electron chi connectivity index (χ4n) is 2.11. The SMILES string of the molecule is CC(C)/C(=N/C(=O)OC1CCC1)N1CCOCC1. The van der Waals surface area contributed by atoms with Crippen LogP contribution in [-0.4, -0.2) is 49.2 Å². The van der Waals surface area contributed by atoms with Crippen LogP contribution in [0.3, 0.4) is 0 Å². The smallest absolute Gasteiger partial charge is 0.435 e. The van der Waals surface area contributed by atoms with E-state index in [1.165, 1.54) is 0 Å². The minimum absolute atomic E-state index is 0.0966. The van der Waals surface area contributed by atoms with E-state index in [2.05, 4.69) is 9.89 Å². The van der Waals surface area contributed by atoms with E-state index >= 15 is 0 Å². The third kappa shape index (κ3) is 3.45. The third-order valence-corrected chi connectivity index (χ3v) is 3.38. The monoisotopic (exact) mass is 254 g/mol. The largest absolute Gasteiger partial charge is 0.445 e. The van der Waals surface area contributed by atoms with E-state index in [4.69, 9.17) is 9.47 Å². The average molecular weight is 254 g/mol.